The molecule has 2 aliphatic heterocycles. The average Bonchev–Trinajstić information content (AvgIpc) is 2.74. The predicted octanol–water partition coefficient (Wildman–Crippen LogP) is 0.569. The number of piperidine rings is 1. The van der Waals surface area contributed by atoms with E-state index in [2.05, 4.69) is 15.5 Å². The SMILES string of the molecule is COc1ccc(C(=O)NCCN2CCN(C(=O)C3CCCNC3)CC2)cc1. The van der Waals surface area contributed by atoms with Gasteiger partial charge in [0, 0.05) is 51.4 Å². The average molecular weight is 374 g/mol. The molecule has 0 aliphatic carbocycles. The van der Waals surface area contributed by atoms with Crippen molar-refractivity contribution in [1.82, 2.24) is 20.4 Å². The van der Waals surface area contributed by atoms with Crippen molar-refractivity contribution >= 4 is 11.8 Å². The number of piperazine rings is 1. The summed E-state index contributed by atoms with van der Waals surface area (Å²) < 4.78 is 5.10. The van der Waals surface area contributed by atoms with Gasteiger partial charge in [0.15, 0.2) is 0 Å². The lowest BCUT2D eigenvalue weighted by molar-refractivity contribution is -0.137. The zero-order chi connectivity index (χ0) is 19.1. The summed E-state index contributed by atoms with van der Waals surface area (Å²) in [5.41, 5.74) is 0.632. The van der Waals surface area contributed by atoms with E-state index in [1.807, 2.05) is 4.90 Å². The van der Waals surface area contributed by atoms with Crippen molar-refractivity contribution in [2.24, 2.45) is 5.92 Å². The normalized spacial score (nSPS) is 20.9. The fraction of sp³-hybridized carbons (Fsp3) is 0.600. The first-order chi connectivity index (χ1) is 13.2. The summed E-state index contributed by atoms with van der Waals surface area (Å²) in [6, 6.07) is 7.09. The van der Waals surface area contributed by atoms with Crippen molar-refractivity contribution < 1.29 is 14.3 Å². The van der Waals surface area contributed by atoms with Gasteiger partial charge in [-0.05, 0) is 43.7 Å². The fourth-order valence-corrected chi connectivity index (χ4v) is 3.68. The number of nitrogens with zero attached hydrogens (tertiary/aromatic N) is 2. The molecule has 1 atom stereocenters. The van der Waals surface area contributed by atoms with Gasteiger partial charge in [-0.15, -0.1) is 0 Å². The Kier molecular flexibility index (Phi) is 7.06. The van der Waals surface area contributed by atoms with E-state index < -0.39 is 0 Å². The Bertz CT molecular complexity index is 621. The summed E-state index contributed by atoms with van der Waals surface area (Å²) in [7, 11) is 1.61. The van der Waals surface area contributed by atoms with Crippen LogP contribution in [0.15, 0.2) is 24.3 Å². The second-order valence-electron chi connectivity index (χ2n) is 7.19. The van der Waals surface area contributed by atoms with E-state index in [9.17, 15) is 9.59 Å². The number of benzene rings is 1. The maximum Gasteiger partial charge on any atom is 0.251 e. The molecule has 7 nitrogen and oxygen atoms in total. The number of methoxy groups -OCH3 is 1. The molecule has 2 amide bonds. The van der Waals surface area contributed by atoms with Crippen LogP contribution in [0, 0.1) is 5.92 Å². The first kappa shape index (κ1) is 19.6. The lowest BCUT2D eigenvalue weighted by Crippen LogP contribution is -2.53. The Morgan fingerprint density at radius 3 is 2.56 bits per heavy atom. The van der Waals surface area contributed by atoms with E-state index >= 15 is 0 Å². The number of carbonyl (C=O) groups excluding carboxylic acids is 2. The third-order valence-electron chi connectivity index (χ3n) is 5.40. The number of amides is 2. The van der Waals surface area contributed by atoms with Gasteiger partial charge in [0.1, 0.15) is 5.75 Å². The molecule has 2 N–H and O–H groups in total. The van der Waals surface area contributed by atoms with E-state index in [1.54, 1.807) is 31.4 Å². The highest BCUT2D eigenvalue weighted by atomic mass is 16.5. The molecule has 2 saturated heterocycles. The van der Waals surface area contributed by atoms with Gasteiger partial charge in [-0.1, -0.05) is 0 Å². The van der Waals surface area contributed by atoms with Gasteiger partial charge in [0.05, 0.1) is 13.0 Å². The monoisotopic (exact) mass is 374 g/mol. The number of hydrogen-bond donors (Lipinski definition) is 2. The highest BCUT2D eigenvalue weighted by Gasteiger charge is 2.28. The van der Waals surface area contributed by atoms with Crippen LogP contribution in [0.5, 0.6) is 5.75 Å². The summed E-state index contributed by atoms with van der Waals surface area (Å²) in [6.07, 6.45) is 2.09. The predicted molar refractivity (Wildman–Crippen MR) is 104 cm³/mol. The molecule has 1 aromatic carbocycles. The second-order valence-corrected chi connectivity index (χ2v) is 7.19. The molecular formula is C20H30N4O3. The van der Waals surface area contributed by atoms with Crippen LogP contribution < -0.4 is 15.4 Å². The maximum absolute atomic E-state index is 12.6. The van der Waals surface area contributed by atoms with E-state index in [-0.39, 0.29) is 11.8 Å². The Morgan fingerprint density at radius 1 is 1.19 bits per heavy atom. The van der Waals surface area contributed by atoms with Crippen LogP contribution in [0.2, 0.25) is 0 Å². The molecule has 0 radical (unpaired) electrons. The maximum atomic E-state index is 12.6. The molecule has 0 spiro atoms. The zero-order valence-corrected chi connectivity index (χ0v) is 16.1. The van der Waals surface area contributed by atoms with Crippen LogP contribution in [0.4, 0.5) is 0 Å². The minimum absolute atomic E-state index is 0.0729. The first-order valence-corrected chi connectivity index (χ1v) is 9.81. The topological polar surface area (TPSA) is 73.9 Å². The number of nitrogens with one attached hydrogen (secondary N) is 2. The van der Waals surface area contributed by atoms with Crippen LogP contribution in [-0.4, -0.2) is 81.1 Å². The molecule has 7 heteroatoms. The van der Waals surface area contributed by atoms with E-state index in [0.29, 0.717) is 18.0 Å². The third-order valence-corrected chi connectivity index (χ3v) is 5.40. The van der Waals surface area contributed by atoms with Crippen molar-refractivity contribution in [3.63, 3.8) is 0 Å². The molecule has 3 rings (SSSR count). The van der Waals surface area contributed by atoms with Crippen LogP contribution >= 0.6 is 0 Å². The lowest BCUT2D eigenvalue weighted by atomic mass is 9.98. The van der Waals surface area contributed by atoms with Crippen LogP contribution in [0.1, 0.15) is 23.2 Å². The summed E-state index contributed by atoms with van der Waals surface area (Å²) in [5.74, 6) is 1.11. The summed E-state index contributed by atoms with van der Waals surface area (Å²) in [4.78, 5) is 29.0. The molecule has 0 saturated carbocycles. The molecule has 1 unspecified atom stereocenters. The van der Waals surface area contributed by atoms with Crippen LogP contribution in [0.3, 0.4) is 0 Å². The van der Waals surface area contributed by atoms with Gasteiger partial charge in [-0.2, -0.15) is 0 Å². The molecule has 2 fully saturated rings. The van der Waals surface area contributed by atoms with E-state index in [1.165, 1.54) is 0 Å². The molecule has 0 aromatic heterocycles. The first-order valence-electron chi connectivity index (χ1n) is 9.81. The largest absolute Gasteiger partial charge is 0.497 e. The van der Waals surface area contributed by atoms with Gasteiger partial charge in [-0.25, -0.2) is 0 Å². The highest BCUT2D eigenvalue weighted by molar-refractivity contribution is 5.94. The molecule has 0 bridgehead atoms. The molecule has 2 aliphatic rings. The van der Waals surface area contributed by atoms with E-state index in [4.69, 9.17) is 4.74 Å². The van der Waals surface area contributed by atoms with Crippen LogP contribution in [0.25, 0.3) is 0 Å². The Hall–Kier alpha value is -2.12. The van der Waals surface area contributed by atoms with Gasteiger partial charge >= 0.3 is 0 Å². The van der Waals surface area contributed by atoms with Crippen molar-refractivity contribution in [3.8, 4) is 5.75 Å². The van der Waals surface area contributed by atoms with Gasteiger partial charge in [0.25, 0.3) is 5.91 Å². The number of ether oxygens (including phenoxy) is 1. The molecular weight excluding hydrogens is 344 g/mol. The standard InChI is InChI=1S/C20H30N4O3/c1-27-18-6-4-16(5-7-18)19(25)22-9-10-23-11-13-24(14-12-23)20(26)17-3-2-8-21-15-17/h4-7,17,21H,2-3,8-15H2,1H3,(H,22,25). The summed E-state index contributed by atoms with van der Waals surface area (Å²) in [6.45, 7) is 6.54. The van der Waals surface area contributed by atoms with Crippen molar-refractivity contribution in [1.29, 1.82) is 0 Å². The molecule has 27 heavy (non-hydrogen) atoms. The van der Waals surface area contributed by atoms with Crippen molar-refractivity contribution in [2.45, 2.75) is 12.8 Å². The Morgan fingerprint density at radius 2 is 1.93 bits per heavy atom. The summed E-state index contributed by atoms with van der Waals surface area (Å²) in [5, 5.41) is 6.28. The molecule has 2 heterocycles. The molecule has 1 aromatic rings. The highest BCUT2D eigenvalue weighted by Crippen LogP contribution is 2.15. The number of carbonyl (C=O) groups is 2. The Balaban J connectivity index is 1.35. The second kappa shape index (κ2) is 9.71. The van der Waals surface area contributed by atoms with Crippen LogP contribution in [-0.2, 0) is 4.79 Å². The Labute approximate surface area is 161 Å². The number of rotatable bonds is 6. The smallest absolute Gasteiger partial charge is 0.251 e. The van der Waals surface area contributed by atoms with Gasteiger partial charge in [-0.3, -0.25) is 14.5 Å². The lowest BCUT2D eigenvalue weighted by Gasteiger charge is -2.37. The minimum Gasteiger partial charge on any atom is -0.497 e. The minimum atomic E-state index is -0.0729. The quantitative estimate of drug-likeness (QED) is 0.762. The van der Waals surface area contributed by atoms with E-state index in [0.717, 1.165) is 64.4 Å². The van der Waals surface area contributed by atoms with Crippen molar-refractivity contribution in [2.75, 3.05) is 59.5 Å². The van der Waals surface area contributed by atoms with Gasteiger partial charge < -0.3 is 20.3 Å². The summed E-state index contributed by atoms with van der Waals surface area (Å²) >= 11 is 0. The van der Waals surface area contributed by atoms with Crippen molar-refractivity contribution in [3.05, 3.63) is 29.8 Å². The van der Waals surface area contributed by atoms with Gasteiger partial charge in [0.2, 0.25) is 5.91 Å². The fourth-order valence-electron chi connectivity index (χ4n) is 3.68. The third kappa shape index (κ3) is 5.43. The molecule has 148 valence electrons. The zero-order valence-electron chi connectivity index (χ0n) is 16.1. The number of hydrogen-bond acceptors (Lipinski definition) is 5.